The molecule has 0 aliphatic heterocycles. The predicted molar refractivity (Wildman–Crippen MR) is 73.8 cm³/mol. The second-order valence-corrected chi connectivity index (χ2v) is 5.37. The third-order valence-corrected chi connectivity index (χ3v) is 3.15. The van der Waals surface area contributed by atoms with Gasteiger partial charge in [0.1, 0.15) is 0 Å². The molecule has 0 radical (unpaired) electrons. The fourth-order valence-corrected chi connectivity index (χ4v) is 2.26. The maximum Gasteiger partial charge on any atom is 0.303 e. The van der Waals surface area contributed by atoms with Crippen molar-refractivity contribution in [3.8, 4) is 0 Å². The van der Waals surface area contributed by atoms with Crippen molar-refractivity contribution in [3.05, 3.63) is 27.7 Å². The summed E-state index contributed by atoms with van der Waals surface area (Å²) in [6.07, 6.45) is 0.149. The van der Waals surface area contributed by atoms with Crippen molar-refractivity contribution in [2.24, 2.45) is 5.92 Å². The Morgan fingerprint density at radius 3 is 2.67 bits per heavy atom. The van der Waals surface area contributed by atoms with Crippen molar-refractivity contribution < 1.29 is 14.7 Å². The quantitative estimate of drug-likeness (QED) is 0.865. The fourth-order valence-electron chi connectivity index (χ4n) is 1.48. The number of halogens is 2. The molecule has 2 N–H and O–H groups in total. The van der Waals surface area contributed by atoms with Crippen LogP contribution in [0, 0.1) is 5.92 Å². The van der Waals surface area contributed by atoms with Gasteiger partial charge in [0.25, 0.3) is 0 Å². The first-order valence-corrected chi connectivity index (χ1v) is 6.52. The molecule has 0 fully saturated rings. The summed E-state index contributed by atoms with van der Waals surface area (Å²) in [5.74, 6) is -1.32. The van der Waals surface area contributed by atoms with Crippen LogP contribution in [0.3, 0.4) is 0 Å². The Bertz CT molecular complexity index is 465. The van der Waals surface area contributed by atoms with Crippen LogP contribution in [0.2, 0.25) is 5.02 Å². The van der Waals surface area contributed by atoms with Crippen LogP contribution in [-0.4, -0.2) is 17.0 Å². The highest BCUT2D eigenvalue weighted by Crippen LogP contribution is 2.26. The lowest BCUT2D eigenvalue weighted by Gasteiger charge is -2.10. The van der Waals surface area contributed by atoms with Gasteiger partial charge in [-0.15, -0.1) is 0 Å². The lowest BCUT2D eigenvalue weighted by atomic mass is 10.0. The van der Waals surface area contributed by atoms with E-state index in [9.17, 15) is 9.59 Å². The van der Waals surface area contributed by atoms with E-state index < -0.39 is 5.97 Å². The Morgan fingerprint density at radius 1 is 1.44 bits per heavy atom. The van der Waals surface area contributed by atoms with Crippen LogP contribution < -0.4 is 5.32 Å². The molecule has 4 nitrogen and oxygen atoms in total. The van der Waals surface area contributed by atoms with Gasteiger partial charge in [0.15, 0.2) is 0 Å². The maximum absolute atomic E-state index is 11.7. The molecule has 1 unspecified atom stereocenters. The first-order valence-electron chi connectivity index (χ1n) is 5.35. The number of carboxylic acids is 1. The van der Waals surface area contributed by atoms with Gasteiger partial charge in [-0.05, 0) is 40.0 Å². The van der Waals surface area contributed by atoms with E-state index >= 15 is 0 Å². The molecule has 1 amide bonds. The number of amides is 1. The molecule has 98 valence electrons. The van der Waals surface area contributed by atoms with Crippen molar-refractivity contribution >= 4 is 45.1 Å². The molecule has 0 aromatic heterocycles. The van der Waals surface area contributed by atoms with Gasteiger partial charge in [-0.3, -0.25) is 9.59 Å². The molecular formula is C12H13BrClNO3. The summed E-state index contributed by atoms with van der Waals surface area (Å²) in [5.41, 5.74) is 0.618. The number of carbonyl (C=O) groups excluding carboxylic acids is 1. The molecule has 0 aliphatic rings. The first-order chi connectivity index (χ1) is 8.38. The number of rotatable bonds is 5. The number of aliphatic carboxylic acids is 1. The van der Waals surface area contributed by atoms with Gasteiger partial charge < -0.3 is 10.4 Å². The van der Waals surface area contributed by atoms with E-state index in [1.165, 1.54) is 0 Å². The largest absolute Gasteiger partial charge is 0.481 e. The molecule has 1 atom stereocenters. The number of anilines is 1. The number of carboxylic acid groups (broad SMARTS) is 1. The first kappa shape index (κ1) is 15.0. The van der Waals surface area contributed by atoms with E-state index in [-0.39, 0.29) is 24.7 Å². The average Bonchev–Trinajstić information content (AvgIpc) is 2.20. The Morgan fingerprint density at radius 2 is 2.11 bits per heavy atom. The van der Waals surface area contributed by atoms with E-state index in [0.717, 1.165) is 0 Å². The number of hydrogen-bond acceptors (Lipinski definition) is 2. The summed E-state index contributed by atoms with van der Waals surface area (Å²) in [6.45, 7) is 1.73. The van der Waals surface area contributed by atoms with Gasteiger partial charge in [0.05, 0.1) is 5.69 Å². The molecule has 0 saturated carbocycles. The van der Waals surface area contributed by atoms with Crippen molar-refractivity contribution in [3.63, 3.8) is 0 Å². The third kappa shape index (κ3) is 5.06. The Labute approximate surface area is 118 Å². The second-order valence-electron chi connectivity index (χ2n) is 4.08. The zero-order chi connectivity index (χ0) is 13.7. The summed E-state index contributed by atoms with van der Waals surface area (Å²) in [6, 6.07) is 5.03. The molecule has 1 aromatic carbocycles. The normalized spacial score (nSPS) is 11.9. The lowest BCUT2D eigenvalue weighted by molar-refractivity contribution is -0.138. The van der Waals surface area contributed by atoms with E-state index in [2.05, 4.69) is 21.2 Å². The smallest absolute Gasteiger partial charge is 0.303 e. The van der Waals surface area contributed by atoms with Crippen molar-refractivity contribution in [2.45, 2.75) is 19.8 Å². The van der Waals surface area contributed by atoms with Crippen LogP contribution in [-0.2, 0) is 9.59 Å². The molecule has 1 aromatic rings. The molecule has 0 spiro atoms. The second kappa shape index (κ2) is 6.75. The zero-order valence-corrected chi connectivity index (χ0v) is 12.1. The maximum atomic E-state index is 11.7. The number of hydrogen-bond donors (Lipinski definition) is 2. The van der Waals surface area contributed by atoms with Gasteiger partial charge in [0.2, 0.25) is 5.91 Å². The Balaban J connectivity index is 2.56. The molecule has 0 heterocycles. The van der Waals surface area contributed by atoms with Crippen LogP contribution in [0.5, 0.6) is 0 Å². The van der Waals surface area contributed by atoms with Crippen molar-refractivity contribution in [1.29, 1.82) is 0 Å². The predicted octanol–water partition coefficient (Wildman–Crippen LogP) is 3.54. The topological polar surface area (TPSA) is 66.4 Å². The number of benzene rings is 1. The summed E-state index contributed by atoms with van der Waals surface area (Å²) >= 11 is 9.08. The summed E-state index contributed by atoms with van der Waals surface area (Å²) in [7, 11) is 0. The van der Waals surface area contributed by atoms with Gasteiger partial charge in [0, 0.05) is 22.3 Å². The summed E-state index contributed by atoms with van der Waals surface area (Å²) in [4.78, 5) is 22.2. The SMILES string of the molecule is CC(CC(=O)O)CC(=O)Nc1ccc(Cl)cc1Br. The van der Waals surface area contributed by atoms with Gasteiger partial charge in [-0.1, -0.05) is 18.5 Å². The molecule has 0 saturated heterocycles. The van der Waals surface area contributed by atoms with Crippen LogP contribution in [0.4, 0.5) is 5.69 Å². The Hall–Kier alpha value is -1.07. The van der Waals surface area contributed by atoms with Gasteiger partial charge >= 0.3 is 5.97 Å². The van der Waals surface area contributed by atoms with Crippen molar-refractivity contribution in [2.75, 3.05) is 5.32 Å². The fraction of sp³-hybridized carbons (Fsp3) is 0.333. The molecule has 18 heavy (non-hydrogen) atoms. The Kier molecular flexibility index (Phi) is 5.62. The molecule has 6 heteroatoms. The summed E-state index contributed by atoms with van der Waals surface area (Å²) in [5, 5.41) is 11.9. The molecule has 0 aliphatic carbocycles. The van der Waals surface area contributed by atoms with Crippen LogP contribution in [0.25, 0.3) is 0 Å². The highest BCUT2D eigenvalue weighted by Gasteiger charge is 2.13. The molecule has 0 bridgehead atoms. The average molecular weight is 335 g/mol. The minimum atomic E-state index is -0.900. The van der Waals surface area contributed by atoms with Crippen LogP contribution >= 0.6 is 27.5 Å². The van der Waals surface area contributed by atoms with E-state index in [1.807, 2.05) is 0 Å². The lowest BCUT2D eigenvalue weighted by Crippen LogP contribution is -2.17. The highest BCUT2D eigenvalue weighted by molar-refractivity contribution is 9.10. The number of nitrogens with one attached hydrogen (secondary N) is 1. The van der Waals surface area contributed by atoms with Crippen LogP contribution in [0.1, 0.15) is 19.8 Å². The zero-order valence-electron chi connectivity index (χ0n) is 9.74. The summed E-state index contributed by atoms with van der Waals surface area (Å²) < 4.78 is 0.689. The monoisotopic (exact) mass is 333 g/mol. The van der Waals surface area contributed by atoms with Crippen molar-refractivity contribution in [1.82, 2.24) is 0 Å². The van der Waals surface area contributed by atoms with Crippen LogP contribution in [0.15, 0.2) is 22.7 Å². The third-order valence-electron chi connectivity index (χ3n) is 2.26. The van der Waals surface area contributed by atoms with E-state index in [0.29, 0.717) is 15.2 Å². The minimum Gasteiger partial charge on any atom is -0.481 e. The molecule has 1 rings (SSSR count). The van der Waals surface area contributed by atoms with E-state index in [4.69, 9.17) is 16.7 Å². The van der Waals surface area contributed by atoms with Gasteiger partial charge in [-0.25, -0.2) is 0 Å². The minimum absolute atomic E-state index is 0.0186. The molecular weight excluding hydrogens is 321 g/mol. The standard InChI is InChI=1S/C12H13BrClNO3/c1-7(5-12(17)18)4-11(16)15-10-3-2-8(14)6-9(10)13/h2-3,6-7H,4-5H2,1H3,(H,15,16)(H,17,18). The van der Waals surface area contributed by atoms with Gasteiger partial charge in [-0.2, -0.15) is 0 Å². The van der Waals surface area contributed by atoms with E-state index in [1.54, 1.807) is 25.1 Å². The highest BCUT2D eigenvalue weighted by atomic mass is 79.9. The number of carbonyl (C=O) groups is 2.